The molecule has 4 bridgehead atoms. The molecule has 110 valence electrons. The summed E-state index contributed by atoms with van der Waals surface area (Å²) in [5.74, 6) is 3.59. The predicted molar refractivity (Wildman–Crippen MR) is 79.1 cm³/mol. The minimum absolute atomic E-state index is 0. The van der Waals surface area contributed by atoms with Crippen LogP contribution in [0.3, 0.4) is 0 Å². The standard InChI is InChI=1S/C15H26N2O.ClH/c1-15(2,16)8-13(18)17-14-11-4-9-3-10(6-11)7-12(14)5-9;/h9-12,14H,3-8,16H2,1-2H3,(H,17,18);1H. The molecule has 0 saturated heterocycles. The van der Waals surface area contributed by atoms with Gasteiger partial charge in [-0.1, -0.05) is 0 Å². The molecular formula is C15H27ClN2O. The third-order valence-electron chi connectivity index (χ3n) is 5.17. The van der Waals surface area contributed by atoms with Gasteiger partial charge in [0.25, 0.3) is 0 Å². The minimum atomic E-state index is -0.393. The number of nitrogens with one attached hydrogen (secondary N) is 1. The number of hydrogen-bond donors (Lipinski definition) is 2. The maximum absolute atomic E-state index is 12.1. The maximum Gasteiger partial charge on any atom is 0.222 e. The van der Waals surface area contributed by atoms with Gasteiger partial charge in [-0.05, 0) is 69.6 Å². The highest BCUT2D eigenvalue weighted by Crippen LogP contribution is 2.53. The molecule has 4 rings (SSSR count). The molecular weight excluding hydrogens is 260 g/mol. The van der Waals surface area contributed by atoms with Gasteiger partial charge in [0, 0.05) is 18.0 Å². The molecule has 0 aromatic heterocycles. The predicted octanol–water partition coefficient (Wildman–Crippen LogP) is 2.48. The van der Waals surface area contributed by atoms with Crippen molar-refractivity contribution in [1.29, 1.82) is 0 Å². The molecule has 4 saturated carbocycles. The summed E-state index contributed by atoms with van der Waals surface area (Å²) >= 11 is 0. The third kappa shape index (κ3) is 3.25. The van der Waals surface area contributed by atoms with E-state index in [4.69, 9.17) is 5.73 Å². The molecule has 1 amide bonds. The summed E-state index contributed by atoms with van der Waals surface area (Å²) in [6.07, 6.45) is 7.31. The Bertz CT molecular complexity index is 323. The van der Waals surface area contributed by atoms with Crippen molar-refractivity contribution in [2.45, 2.75) is 64.0 Å². The average molecular weight is 287 g/mol. The van der Waals surface area contributed by atoms with Crippen molar-refractivity contribution < 1.29 is 4.79 Å². The number of carbonyl (C=O) groups is 1. The molecule has 0 radical (unpaired) electrons. The Morgan fingerprint density at radius 2 is 1.58 bits per heavy atom. The fourth-order valence-corrected chi connectivity index (χ4v) is 4.81. The van der Waals surface area contributed by atoms with Crippen LogP contribution in [-0.2, 0) is 4.79 Å². The van der Waals surface area contributed by atoms with Crippen LogP contribution in [0.5, 0.6) is 0 Å². The van der Waals surface area contributed by atoms with Crippen molar-refractivity contribution in [3.63, 3.8) is 0 Å². The van der Waals surface area contributed by atoms with Crippen LogP contribution in [0.15, 0.2) is 0 Å². The fourth-order valence-electron chi connectivity index (χ4n) is 4.81. The van der Waals surface area contributed by atoms with Gasteiger partial charge in [-0.2, -0.15) is 0 Å². The summed E-state index contributed by atoms with van der Waals surface area (Å²) in [5, 5.41) is 3.30. The number of hydrogen-bond acceptors (Lipinski definition) is 2. The van der Waals surface area contributed by atoms with E-state index in [0.29, 0.717) is 12.5 Å². The third-order valence-corrected chi connectivity index (χ3v) is 5.17. The zero-order valence-electron chi connectivity index (χ0n) is 12.0. The van der Waals surface area contributed by atoms with Gasteiger partial charge in [0.1, 0.15) is 0 Å². The van der Waals surface area contributed by atoms with Crippen molar-refractivity contribution in [3.05, 3.63) is 0 Å². The van der Waals surface area contributed by atoms with Gasteiger partial charge in [-0.3, -0.25) is 4.79 Å². The maximum atomic E-state index is 12.1. The number of halogens is 1. The summed E-state index contributed by atoms with van der Waals surface area (Å²) in [6, 6.07) is 0.452. The largest absolute Gasteiger partial charge is 0.353 e. The summed E-state index contributed by atoms with van der Waals surface area (Å²) in [6.45, 7) is 3.84. The quantitative estimate of drug-likeness (QED) is 0.837. The van der Waals surface area contributed by atoms with Gasteiger partial charge in [-0.25, -0.2) is 0 Å². The van der Waals surface area contributed by atoms with Crippen LogP contribution in [0, 0.1) is 23.7 Å². The second-order valence-corrected chi connectivity index (χ2v) is 7.69. The Kier molecular flexibility index (Phi) is 4.18. The molecule has 0 aliphatic heterocycles. The van der Waals surface area contributed by atoms with Crippen LogP contribution in [0.25, 0.3) is 0 Å². The van der Waals surface area contributed by atoms with Gasteiger partial charge in [0.2, 0.25) is 5.91 Å². The van der Waals surface area contributed by atoms with Gasteiger partial charge in [0.05, 0.1) is 0 Å². The molecule has 0 heterocycles. The smallest absolute Gasteiger partial charge is 0.222 e. The molecule has 0 aromatic rings. The average Bonchev–Trinajstić information content (AvgIpc) is 2.19. The zero-order chi connectivity index (χ0) is 12.9. The summed E-state index contributed by atoms with van der Waals surface area (Å²) in [7, 11) is 0. The van der Waals surface area contributed by atoms with Crippen LogP contribution in [-0.4, -0.2) is 17.5 Å². The Morgan fingerprint density at radius 1 is 1.11 bits per heavy atom. The van der Waals surface area contributed by atoms with Gasteiger partial charge < -0.3 is 11.1 Å². The van der Waals surface area contributed by atoms with E-state index < -0.39 is 5.54 Å². The molecule has 0 unspecified atom stereocenters. The van der Waals surface area contributed by atoms with E-state index in [1.165, 1.54) is 32.1 Å². The zero-order valence-corrected chi connectivity index (χ0v) is 12.8. The molecule has 3 N–H and O–H groups in total. The van der Waals surface area contributed by atoms with E-state index in [1.807, 2.05) is 13.8 Å². The molecule has 3 nitrogen and oxygen atoms in total. The first-order chi connectivity index (χ1) is 8.40. The Balaban J connectivity index is 0.00000133. The van der Waals surface area contributed by atoms with Crippen molar-refractivity contribution in [1.82, 2.24) is 5.32 Å². The highest BCUT2D eigenvalue weighted by Gasteiger charge is 2.48. The monoisotopic (exact) mass is 286 g/mol. The Morgan fingerprint density at radius 3 is 2.00 bits per heavy atom. The number of rotatable bonds is 3. The van der Waals surface area contributed by atoms with Gasteiger partial charge >= 0.3 is 0 Å². The van der Waals surface area contributed by atoms with E-state index in [1.54, 1.807) is 0 Å². The van der Waals surface area contributed by atoms with Gasteiger partial charge in [-0.15, -0.1) is 12.4 Å². The lowest BCUT2D eigenvalue weighted by atomic mass is 9.54. The van der Waals surface area contributed by atoms with Crippen molar-refractivity contribution >= 4 is 18.3 Å². The van der Waals surface area contributed by atoms with E-state index in [9.17, 15) is 4.79 Å². The second kappa shape index (κ2) is 5.25. The highest BCUT2D eigenvalue weighted by molar-refractivity contribution is 5.85. The molecule has 4 heteroatoms. The lowest BCUT2D eigenvalue weighted by Crippen LogP contribution is -2.56. The van der Waals surface area contributed by atoms with Crippen molar-refractivity contribution in [2.75, 3.05) is 0 Å². The normalized spacial score (nSPS) is 39.8. The second-order valence-electron chi connectivity index (χ2n) is 7.69. The minimum Gasteiger partial charge on any atom is -0.353 e. The van der Waals surface area contributed by atoms with Crippen LogP contribution in [0.2, 0.25) is 0 Å². The SMILES string of the molecule is CC(C)(N)CC(=O)NC1C2CC3CC(C2)CC1C3.Cl. The first-order valence-corrected chi connectivity index (χ1v) is 7.49. The van der Waals surface area contributed by atoms with Crippen molar-refractivity contribution in [3.8, 4) is 0 Å². The molecule has 4 aliphatic carbocycles. The molecule has 0 spiro atoms. The van der Waals surface area contributed by atoms with E-state index >= 15 is 0 Å². The van der Waals surface area contributed by atoms with Crippen LogP contribution in [0.1, 0.15) is 52.4 Å². The Hall–Kier alpha value is -0.280. The summed E-state index contributed by atoms with van der Waals surface area (Å²) in [5.41, 5.74) is 5.53. The molecule has 4 aliphatic rings. The van der Waals surface area contributed by atoms with E-state index in [2.05, 4.69) is 5.32 Å². The topological polar surface area (TPSA) is 55.1 Å². The Labute approximate surface area is 122 Å². The number of amides is 1. The lowest BCUT2D eigenvalue weighted by Gasteiger charge is -2.54. The fraction of sp³-hybridized carbons (Fsp3) is 0.933. The van der Waals surface area contributed by atoms with E-state index in [0.717, 1.165) is 23.7 Å². The van der Waals surface area contributed by atoms with Gasteiger partial charge in [0.15, 0.2) is 0 Å². The summed E-state index contributed by atoms with van der Waals surface area (Å²) in [4.78, 5) is 12.1. The van der Waals surface area contributed by atoms with E-state index in [-0.39, 0.29) is 18.3 Å². The first kappa shape index (κ1) is 15.1. The summed E-state index contributed by atoms with van der Waals surface area (Å²) < 4.78 is 0. The van der Waals surface area contributed by atoms with Crippen LogP contribution in [0.4, 0.5) is 0 Å². The number of nitrogens with two attached hydrogens (primary N) is 1. The van der Waals surface area contributed by atoms with Crippen LogP contribution >= 0.6 is 12.4 Å². The number of carbonyl (C=O) groups excluding carboxylic acids is 1. The molecule has 0 aromatic carbocycles. The first-order valence-electron chi connectivity index (χ1n) is 7.49. The molecule has 19 heavy (non-hydrogen) atoms. The molecule has 0 atom stereocenters. The van der Waals surface area contributed by atoms with Crippen molar-refractivity contribution in [2.24, 2.45) is 29.4 Å². The van der Waals surface area contributed by atoms with Crippen LogP contribution < -0.4 is 11.1 Å². The highest BCUT2D eigenvalue weighted by atomic mass is 35.5. The molecule has 4 fully saturated rings. The lowest BCUT2D eigenvalue weighted by molar-refractivity contribution is -0.126.